The van der Waals surface area contributed by atoms with Gasteiger partial charge in [-0.3, -0.25) is 14.7 Å². The second kappa shape index (κ2) is 10.9. The van der Waals surface area contributed by atoms with E-state index in [1.807, 2.05) is 30.3 Å². The van der Waals surface area contributed by atoms with Crippen molar-refractivity contribution in [1.29, 1.82) is 0 Å². The van der Waals surface area contributed by atoms with Crippen LogP contribution in [0.4, 0.5) is 26.0 Å². The van der Waals surface area contributed by atoms with Crippen molar-refractivity contribution in [3.05, 3.63) is 65.4 Å². The molecule has 2 aromatic heterocycles. The van der Waals surface area contributed by atoms with Gasteiger partial charge < -0.3 is 25.4 Å². The molecule has 5 rings (SSSR count). The predicted molar refractivity (Wildman–Crippen MR) is 141 cm³/mol. The van der Waals surface area contributed by atoms with Crippen molar-refractivity contribution in [2.75, 3.05) is 31.4 Å². The molecule has 0 saturated heterocycles. The van der Waals surface area contributed by atoms with E-state index >= 15 is 0 Å². The minimum atomic E-state index is -2.66. The van der Waals surface area contributed by atoms with Gasteiger partial charge in [0.05, 0.1) is 26.3 Å². The largest absolute Gasteiger partial charge is 0.497 e. The summed E-state index contributed by atoms with van der Waals surface area (Å²) in [4.78, 5) is 27.3. The Balaban J connectivity index is 1.34. The Bertz CT molecular complexity index is 1530. The van der Waals surface area contributed by atoms with Crippen LogP contribution in [-0.4, -0.2) is 54.7 Å². The predicted octanol–water partition coefficient (Wildman–Crippen LogP) is 4.55. The van der Waals surface area contributed by atoms with E-state index in [2.05, 4.69) is 37.2 Å². The molecule has 2 unspecified atom stereocenters. The highest BCUT2D eigenvalue weighted by molar-refractivity contribution is 5.94. The first-order chi connectivity index (χ1) is 18.9. The molecule has 1 aliphatic rings. The van der Waals surface area contributed by atoms with Gasteiger partial charge in [0, 0.05) is 11.1 Å². The lowest BCUT2D eigenvalue weighted by atomic mass is 10.0. The molecule has 0 bridgehead atoms. The summed E-state index contributed by atoms with van der Waals surface area (Å²) in [6, 6.07) is 14.7. The number of benzene rings is 2. The molecule has 0 spiro atoms. The number of anilines is 3. The molecule has 1 saturated carbocycles. The highest BCUT2D eigenvalue weighted by Gasteiger charge is 2.41. The number of carbonyl (C=O) groups is 2. The summed E-state index contributed by atoms with van der Waals surface area (Å²) in [5.41, 5.74) is 4.18. The van der Waals surface area contributed by atoms with E-state index in [0.29, 0.717) is 17.9 Å². The maximum Gasteiger partial charge on any atom is 0.270 e. The molecular formula is C27H26F2N6O4. The van der Waals surface area contributed by atoms with Gasteiger partial charge in [0.15, 0.2) is 5.82 Å². The number of carbonyl (C=O) groups excluding carboxylic acids is 2. The molecule has 2 atom stereocenters. The van der Waals surface area contributed by atoms with Crippen molar-refractivity contribution in [1.82, 2.24) is 20.5 Å². The summed E-state index contributed by atoms with van der Waals surface area (Å²) in [5.74, 6) is 1.18. The summed E-state index contributed by atoms with van der Waals surface area (Å²) < 4.78 is 35.5. The number of aromatic amines is 1. The zero-order chi connectivity index (χ0) is 27.5. The second-order valence-electron chi connectivity index (χ2n) is 9.02. The number of aromatic nitrogens is 3. The lowest BCUT2D eigenvalue weighted by Crippen LogP contribution is -2.29. The highest BCUT2D eigenvalue weighted by Crippen LogP contribution is 2.57. The zero-order valence-corrected chi connectivity index (χ0v) is 21.1. The molecule has 12 heteroatoms. The van der Waals surface area contributed by atoms with Gasteiger partial charge in [-0.25, -0.2) is 13.8 Å². The lowest BCUT2D eigenvalue weighted by Gasteiger charge is -2.11. The SMILES string of the molecule is COc1ccc(NC=O)c(C2CC2c2ccc3c(Nc4ccc(C(=O)NCC(F)F)nc4OC)n[nH]c3c2)c1. The number of methoxy groups -OCH3 is 2. The van der Waals surface area contributed by atoms with Crippen LogP contribution >= 0.6 is 0 Å². The molecule has 4 N–H and O–H groups in total. The summed E-state index contributed by atoms with van der Waals surface area (Å²) in [6.45, 7) is -0.762. The number of hydrogen-bond donors (Lipinski definition) is 4. The maximum atomic E-state index is 12.4. The zero-order valence-electron chi connectivity index (χ0n) is 21.1. The highest BCUT2D eigenvalue weighted by atomic mass is 19.3. The molecule has 1 fully saturated rings. The normalized spacial score (nSPS) is 16.1. The van der Waals surface area contributed by atoms with Crippen molar-refractivity contribution in [3.63, 3.8) is 0 Å². The molecule has 0 radical (unpaired) electrons. The molecule has 2 aromatic carbocycles. The molecule has 202 valence electrons. The number of alkyl halides is 2. The lowest BCUT2D eigenvalue weighted by molar-refractivity contribution is -0.105. The fourth-order valence-electron chi connectivity index (χ4n) is 4.65. The summed E-state index contributed by atoms with van der Waals surface area (Å²) in [5, 5.41) is 16.3. The number of pyridine rings is 1. The van der Waals surface area contributed by atoms with Crippen LogP contribution in [-0.2, 0) is 4.79 Å². The Labute approximate surface area is 222 Å². The van der Waals surface area contributed by atoms with Crippen molar-refractivity contribution >= 4 is 40.4 Å². The average Bonchev–Trinajstić information content (AvgIpc) is 3.65. The van der Waals surface area contributed by atoms with Crippen LogP contribution in [0.1, 0.15) is 39.9 Å². The van der Waals surface area contributed by atoms with E-state index in [-0.39, 0.29) is 23.4 Å². The standard InChI is InChI=1S/C27H26F2N6O4/c1-38-15-4-6-20(31-13-36)19(10-15)18-11-17(18)14-3-5-16-23(9-14)34-35-25(16)32-22-8-7-21(33-27(22)39-2)26(37)30-12-24(28)29/h3-10,13,17-18,24H,11-12H2,1-2H3,(H,30,37)(H,31,36)(H2,32,34,35). The van der Waals surface area contributed by atoms with Gasteiger partial charge in [0.1, 0.15) is 17.1 Å². The number of fused-ring (bicyclic) bond motifs is 1. The van der Waals surface area contributed by atoms with Crippen LogP contribution < -0.4 is 25.4 Å². The van der Waals surface area contributed by atoms with Crippen molar-refractivity contribution in [2.24, 2.45) is 0 Å². The van der Waals surface area contributed by atoms with Gasteiger partial charge in [-0.15, -0.1) is 0 Å². The van der Waals surface area contributed by atoms with Crippen molar-refractivity contribution in [3.8, 4) is 11.6 Å². The first-order valence-corrected chi connectivity index (χ1v) is 12.2. The Morgan fingerprint density at radius 1 is 1.10 bits per heavy atom. The van der Waals surface area contributed by atoms with Crippen molar-refractivity contribution in [2.45, 2.75) is 24.7 Å². The molecule has 10 nitrogen and oxygen atoms in total. The van der Waals surface area contributed by atoms with E-state index in [9.17, 15) is 18.4 Å². The second-order valence-corrected chi connectivity index (χ2v) is 9.02. The van der Waals surface area contributed by atoms with Gasteiger partial charge in [0.25, 0.3) is 12.3 Å². The van der Waals surface area contributed by atoms with Crippen LogP contribution in [0.15, 0.2) is 48.5 Å². The fraction of sp³-hybridized carbons (Fsp3) is 0.259. The van der Waals surface area contributed by atoms with Crippen molar-refractivity contribution < 1.29 is 27.8 Å². The minimum absolute atomic E-state index is 0.0453. The number of rotatable bonds is 11. The van der Waals surface area contributed by atoms with E-state index in [0.717, 1.165) is 39.9 Å². The molecule has 2 amide bonds. The third kappa shape index (κ3) is 5.44. The van der Waals surface area contributed by atoms with Gasteiger partial charge in [-0.2, -0.15) is 5.10 Å². The van der Waals surface area contributed by atoms with Gasteiger partial charge in [-0.05, 0) is 71.8 Å². The van der Waals surface area contributed by atoms with E-state index in [1.165, 1.54) is 13.2 Å². The van der Waals surface area contributed by atoms with E-state index < -0.39 is 18.9 Å². The van der Waals surface area contributed by atoms with Crippen LogP contribution in [0, 0.1) is 0 Å². The number of halogens is 2. The van der Waals surface area contributed by atoms with Crippen LogP contribution in [0.25, 0.3) is 10.9 Å². The van der Waals surface area contributed by atoms with E-state index in [1.54, 1.807) is 13.2 Å². The summed E-state index contributed by atoms with van der Waals surface area (Å²) in [7, 11) is 3.01. The maximum absolute atomic E-state index is 12.4. The average molecular weight is 537 g/mol. The smallest absolute Gasteiger partial charge is 0.270 e. The number of H-pyrrole nitrogens is 1. The molecule has 2 heterocycles. The Morgan fingerprint density at radius 3 is 2.67 bits per heavy atom. The minimum Gasteiger partial charge on any atom is -0.497 e. The third-order valence-electron chi connectivity index (χ3n) is 6.63. The third-order valence-corrected chi connectivity index (χ3v) is 6.63. The Hall–Kier alpha value is -4.74. The Morgan fingerprint density at radius 2 is 1.92 bits per heavy atom. The molecule has 1 aliphatic carbocycles. The number of hydrogen-bond acceptors (Lipinski definition) is 7. The topological polar surface area (TPSA) is 130 Å². The van der Waals surface area contributed by atoms with Gasteiger partial charge in [0.2, 0.25) is 12.3 Å². The fourth-order valence-corrected chi connectivity index (χ4v) is 4.65. The molecular weight excluding hydrogens is 510 g/mol. The quantitative estimate of drug-likeness (QED) is 0.207. The number of nitrogens with zero attached hydrogens (tertiary/aromatic N) is 2. The first kappa shape index (κ1) is 25.9. The molecule has 0 aliphatic heterocycles. The number of ether oxygens (including phenoxy) is 2. The van der Waals surface area contributed by atoms with Gasteiger partial charge in [-0.1, -0.05) is 6.07 Å². The number of nitrogens with one attached hydrogen (secondary N) is 4. The summed E-state index contributed by atoms with van der Waals surface area (Å²) >= 11 is 0. The van der Waals surface area contributed by atoms with Gasteiger partial charge >= 0.3 is 0 Å². The number of amides is 2. The monoisotopic (exact) mass is 536 g/mol. The summed E-state index contributed by atoms with van der Waals surface area (Å²) in [6.07, 6.45) is -1.05. The van der Waals surface area contributed by atoms with Crippen LogP contribution in [0.3, 0.4) is 0 Å². The van der Waals surface area contributed by atoms with Crippen LogP contribution in [0.5, 0.6) is 11.6 Å². The molecule has 39 heavy (non-hydrogen) atoms. The molecule has 4 aromatic rings. The Kier molecular flexibility index (Phi) is 7.26. The van der Waals surface area contributed by atoms with E-state index in [4.69, 9.17) is 9.47 Å². The van der Waals surface area contributed by atoms with Crippen LogP contribution in [0.2, 0.25) is 0 Å². The first-order valence-electron chi connectivity index (χ1n) is 12.2.